The van der Waals surface area contributed by atoms with Gasteiger partial charge in [-0.2, -0.15) is 11.8 Å². The number of rotatable bonds is 6. The van der Waals surface area contributed by atoms with Gasteiger partial charge in [0.15, 0.2) is 0 Å². The molecule has 3 heteroatoms. The Bertz CT molecular complexity index is 229. The monoisotopic (exact) mass is 270 g/mol. The highest BCUT2D eigenvalue weighted by atomic mass is 32.2. The lowest BCUT2D eigenvalue weighted by atomic mass is 9.94. The van der Waals surface area contributed by atoms with Crippen LogP contribution in [0.4, 0.5) is 0 Å². The lowest BCUT2D eigenvalue weighted by Crippen LogP contribution is -2.38. The fraction of sp³-hybridized carbons (Fsp3) is 1.00. The van der Waals surface area contributed by atoms with Crippen molar-refractivity contribution >= 4 is 11.8 Å². The highest BCUT2D eigenvalue weighted by Crippen LogP contribution is 2.26. The van der Waals surface area contributed by atoms with E-state index in [1.54, 1.807) is 0 Å². The summed E-state index contributed by atoms with van der Waals surface area (Å²) in [6, 6.07) is 1.65. The summed E-state index contributed by atoms with van der Waals surface area (Å²) in [5, 5.41) is 4.56. The number of nitrogens with one attached hydrogen (secondary N) is 1. The Hall–Kier alpha value is 0.270. The average molecular weight is 270 g/mol. The second kappa shape index (κ2) is 7.76. The van der Waals surface area contributed by atoms with E-state index >= 15 is 0 Å². The quantitative estimate of drug-likeness (QED) is 0.747. The van der Waals surface area contributed by atoms with Crippen molar-refractivity contribution in [2.45, 2.75) is 69.2 Å². The molecule has 2 aliphatic rings. The summed E-state index contributed by atoms with van der Waals surface area (Å²) in [6.45, 7) is 4.84. The second-order valence-electron chi connectivity index (χ2n) is 6.05. The molecule has 0 aromatic rings. The molecule has 2 rings (SSSR count). The molecule has 18 heavy (non-hydrogen) atoms. The smallest absolute Gasteiger partial charge is 0.0191 e. The molecule has 1 aliphatic heterocycles. The zero-order valence-corrected chi connectivity index (χ0v) is 13.0. The van der Waals surface area contributed by atoms with E-state index in [9.17, 15) is 0 Å². The van der Waals surface area contributed by atoms with Crippen LogP contribution in [0, 0.1) is 0 Å². The summed E-state index contributed by atoms with van der Waals surface area (Å²) in [7, 11) is 2.32. The van der Waals surface area contributed by atoms with Crippen molar-refractivity contribution in [1.82, 2.24) is 10.2 Å². The molecule has 0 spiro atoms. The molecule has 2 fully saturated rings. The summed E-state index contributed by atoms with van der Waals surface area (Å²) in [4.78, 5) is 2.60. The first kappa shape index (κ1) is 14.7. The molecule has 2 atom stereocenters. The van der Waals surface area contributed by atoms with Gasteiger partial charge in [-0.05, 0) is 51.6 Å². The molecule has 1 aliphatic carbocycles. The molecule has 2 unspecified atom stereocenters. The van der Waals surface area contributed by atoms with Crippen molar-refractivity contribution in [2.75, 3.05) is 25.9 Å². The van der Waals surface area contributed by atoms with Crippen molar-refractivity contribution in [3.05, 3.63) is 0 Å². The van der Waals surface area contributed by atoms with E-state index in [0.29, 0.717) is 0 Å². The molecule has 106 valence electrons. The highest BCUT2D eigenvalue weighted by Gasteiger charge is 2.23. The topological polar surface area (TPSA) is 15.3 Å². The Morgan fingerprint density at radius 1 is 1.17 bits per heavy atom. The van der Waals surface area contributed by atoms with Crippen LogP contribution < -0.4 is 5.32 Å². The van der Waals surface area contributed by atoms with E-state index in [0.717, 1.165) is 17.3 Å². The summed E-state index contributed by atoms with van der Waals surface area (Å²) in [5.41, 5.74) is 0. The molecule has 0 bridgehead atoms. The Kier molecular flexibility index (Phi) is 6.33. The van der Waals surface area contributed by atoms with Crippen LogP contribution >= 0.6 is 11.8 Å². The van der Waals surface area contributed by atoms with E-state index < -0.39 is 0 Å². The summed E-state index contributed by atoms with van der Waals surface area (Å²) in [6.07, 6.45) is 9.89. The molecule has 2 nitrogen and oxygen atoms in total. The third-order valence-corrected chi connectivity index (χ3v) is 5.99. The second-order valence-corrected chi connectivity index (χ2v) is 7.54. The van der Waals surface area contributed by atoms with E-state index in [1.807, 2.05) is 0 Å². The fourth-order valence-electron chi connectivity index (χ4n) is 3.32. The van der Waals surface area contributed by atoms with Gasteiger partial charge in [-0.3, -0.25) is 0 Å². The van der Waals surface area contributed by atoms with Gasteiger partial charge in [-0.1, -0.05) is 26.2 Å². The molecule has 1 N–H and O–H groups in total. The van der Waals surface area contributed by atoms with Crippen molar-refractivity contribution in [3.63, 3.8) is 0 Å². The molecule has 0 aromatic carbocycles. The van der Waals surface area contributed by atoms with Crippen LogP contribution in [0.5, 0.6) is 0 Å². The lowest BCUT2D eigenvalue weighted by molar-refractivity contribution is 0.189. The number of hydrogen-bond donors (Lipinski definition) is 1. The van der Waals surface area contributed by atoms with E-state index in [4.69, 9.17) is 0 Å². The molecule has 0 radical (unpaired) electrons. The van der Waals surface area contributed by atoms with Crippen LogP contribution in [0.3, 0.4) is 0 Å². The predicted molar refractivity (Wildman–Crippen MR) is 82.4 cm³/mol. The maximum atomic E-state index is 3.74. The van der Waals surface area contributed by atoms with Crippen LogP contribution in [0.1, 0.15) is 51.9 Å². The summed E-state index contributed by atoms with van der Waals surface area (Å²) >= 11 is 2.12. The minimum absolute atomic E-state index is 0.773. The molecule has 1 saturated carbocycles. The Labute approximate surface area is 117 Å². The molecule has 1 heterocycles. The lowest BCUT2D eigenvalue weighted by Gasteiger charge is -2.31. The average Bonchev–Trinajstić information content (AvgIpc) is 2.81. The minimum Gasteiger partial charge on any atom is -0.313 e. The zero-order chi connectivity index (χ0) is 12.8. The van der Waals surface area contributed by atoms with Crippen LogP contribution in [0.2, 0.25) is 0 Å². The molecular weight excluding hydrogens is 240 g/mol. The van der Waals surface area contributed by atoms with Crippen LogP contribution in [-0.2, 0) is 0 Å². The number of nitrogens with zero attached hydrogens (tertiary/aromatic N) is 1. The van der Waals surface area contributed by atoms with Gasteiger partial charge in [0.05, 0.1) is 0 Å². The Morgan fingerprint density at radius 2 is 1.94 bits per heavy atom. The highest BCUT2D eigenvalue weighted by molar-refractivity contribution is 8.00. The van der Waals surface area contributed by atoms with Gasteiger partial charge in [0.25, 0.3) is 0 Å². The third kappa shape index (κ3) is 4.43. The first-order chi connectivity index (χ1) is 8.77. The largest absolute Gasteiger partial charge is 0.313 e. The maximum Gasteiger partial charge on any atom is 0.0191 e. The normalized spacial score (nSPS) is 30.2. The van der Waals surface area contributed by atoms with E-state index in [2.05, 4.69) is 35.9 Å². The molecule has 0 amide bonds. The predicted octanol–water partition coefficient (Wildman–Crippen LogP) is 3.12. The molecule has 1 saturated heterocycles. The van der Waals surface area contributed by atoms with Gasteiger partial charge in [-0.25, -0.2) is 0 Å². The first-order valence-electron chi connectivity index (χ1n) is 7.82. The van der Waals surface area contributed by atoms with Gasteiger partial charge >= 0.3 is 0 Å². The van der Waals surface area contributed by atoms with Gasteiger partial charge in [0.2, 0.25) is 0 Å². The van der Waals surface area contributed by atoms with Crippen molar-refractivity contribution in [2.24, 2.45) is 0 Å². The van der Waals surface area contributed by atoms with Crippen LogP contribution in [0.25, 0.3) is 0 Å². The van der Waals surface area contributed by atoms with Crippen molar-refractivity contribution < 1.29 is 0 Å². The van der Waals surface area contributed by atoms with Crippen LogP contribution in [-0.4, -0.2) is 48.1 Å². The Morgan fingerprint density at radius 3 is 2.61 bits per heavy atom. The Balaban J connectivity index is 1.54. The van der Waals surface area contributed by atoms with Gasteiger partial charge < -0.3 is 10.2 Å². The third-order valence-electron chi connectivity index (χ3n) is 4.67. The van der Waals surface area contributed by atoms with Crippen molar-refractivity contribution in [1.29, 1.82) is 0 Å². The standard InChI is InChI=1S/C15H30N2S/c1-13-15(9-12-18-13)16-10-6-11-17(2)14-7-4-3-5-8-14/h13-16H,3-12H2,1-2H3. The van der Waals surface area contributed by atoms with Crippen molar-refractivity contribution in [3.8, 4) is 0 Å². The minimum atomic E-state index is 0.773. The maximum absolute atomic E-state index is 3.74. The molecular formula is C15H30N2S. The SMILES string of the molecule is CC1SCCC1NCCCN(C)C1CCCCC1. The summed E-state index contributed by atoms with van der Waals surface area (Å²) < 4.78 is 0. The number of hydrogen-bond acceptors (Lipinski definition) is 3. The van der Waals surface area contributed by atoms with Gasteiger partial charge in [-0.15, -0.1) is 0 Å². The van der Waals surface area contributed by atoms with E-state index in [-0.39, 0.29) is 0 Å². The zero-order valence-electron chi connectivity index (χ0n) is 12.2. The van der Waals surface area contributed by atoms with Crippen LogP contribution in [0.15, 0.2) is 0 Å². The first-order valence-corrected chi connectivity index (χ1v) is 8.87. The fourth-order valence-corrected chi connectivity index (χ4v) is 4.55. The summed E-state index contributed by atoms with van der Waals surface area (Å²) in [5.74, 6) is 1.35. The van der Waals surface area contributed by atoms with E-state index in [1.165, 1.54) is 63.8 Å². The van der Waals surface area contributed by atoms with Gasteiger partial charge in [0, 0.05) is 17.3 Å². The molecule has 0 aromatic heterocycles. The van der Waals surface area contributed by atoms with Gasteiger partial charge in [0.1, 0.15) is 0 Å². The number of thioether (sulfide) groups is 1.